The molecule has 1 unspecified atom stereocenters. The topological polar surface area (TPSA) is 69.3 Å². The minimum Gasteiger partial charge on any atom is -0.333 e. The Labute approximate surface area is 112 Å². The number of hydrogen-bond donors (Lipinski definition) is 1. The van der Waals surface area contributed by atoms with Gasteiger partial charge in [-0.2, -0.15) is 18.3 Å². The monoisotopic (exact) mass is 290 g/mol. The van der Waals surface area contributed by atoms with E-state index in [1.807, 2.05) is 0 Å². The third-order valence-electron chi connectivity index (χ3n) is 3.14. The molecule has 1 fully saturated rings. The fourth-order valence-corrected chi connectivity index (χ4v) is 2.14. The smallest absolute Gasteiger partial charge is 0.333 e. The summed E-state index contributed by atoms with van der Waals surface area (Å²) in [5, 5.41) is 6.22. The van der Waals surface area contributed by atoms with Crippen LogP contribution in [0, 0.1) is 5.92 Å². The molecule has 2 rings (SSSR count). The standard InChI is InChI=1S/C11H13F3N4O2/c1-17(8-3-15-16-4-8)10(20)7-2-9(19)18(5-7)6-11(12,13)14/h3-4,7H,2,5-6H2,1H3,(H,15,16). The van der Waals surface area contributed by atoms with Crippen LogP contribution in [0.2, 0.25) is 0 Å². The van der Waals surface area contributed by atoms with Gasteiger partial charge in [-0.1, -0.05) is 0 Å². The number of halogens is 3. The normalized spacial score (nSPS) is 19.5. The van der Waals surface area contributed by atoms with Crippen LogP contribution in [0.25, 0.3) is 0 Å². The van der Waals surface area contributed by atoms with Gasteiger partial charge in [-0.05, 0) is 0 Å². The first kappa shape index (κ1) is 14.4. The summed E-state index contributed by atoms with van der Waals surface area (Å²) in [6.45, 7) is -1.52. The van der Waals surface area contributed by atoms with Crippen molar-refractivity contribution in [3.8, 4) is 0 Å². The molecule has 6 nitrogen and oxygen atoms in total. The zero-order chi connectivity index (χ0) is 14.9. The maximum Gasteiger partial charge on any atom is 0.406 e. The van der Waals surface area contributed by atoms with Crippen LogP contribution in [-0.4, -0.2) is 53.2 Å². The van der Waals surface area contributed by atoms with E-state index in [1.54, 1.807) is 0 Å². The fourth-order valence-electron chi connectivity index (χ4n) is 2.14. The Kier molecular flexibility index (Phi) is 3.69. The lowest BCUT2D eigenvalue weighted by molar-refractivity contribution is -0.157. The number of carbonyl (C=O) groups is 2. The SMILES string of the molecule is CN(C(=O)C1CC(=O)N(CC(F)(F)F)C1)c1cn[nH]c1. The Morgan fingerprint density at radius 1 is 1.60 bits per heavy atom. The maximum atomic E-state index is 12.3. The average Bonchev–Trinajstić information content (AvgIpc) is 2.96. The molecule has 0 spiro atoms. The zero-order valence-corrected chi connectivity index (χ0v) is 10.6. The Hall–Kier alpha value is -2.06. The number of likely N-dealkylation sites (tertiary alicyclic amines) is 1. The van der Waals surface area contributed by atoms with E-state index in [0.29, 0.717) is 10.6 Å². The number of carbonyl (C=O) groups excluding carboxylic acids is 2. The molecule has 1 N–H and O–H groups in total. The number of anilines is 1. The molecule has 1 aromatic heterocycles. The molecule has 0 saturated carbocycles. The van der Waals surface area contributed by atoms with Gasteiger partial charge in [0.2, 0.25) is 11.8 Å². The maximum absolute atomic E-state index is 12.3. The molecule has 1 aromatic rings. The van der Waals surface area contributed by atoms with Gasteiger partial charge in [-0.15, -0.1) is 0 Å². The number of amides is 2. The molecule has 0 radical (unpaired) electrons. The fraction of sp³-hybridized carbons (Fsp3) is 0.545. The molecule has 2 amide bonds. The molecular weight excluding hydrogens is 277 g/mol. The van der Waals surface area contributed by atoms with E-state index in [-0.39, 0.29) is 13.0 Å². The molecule has 1 aliphatic heterocycles. The predicted octanol–water partition coefficient (Wildman–Crippen LogP) is 0.783. The van der Waals surface area contributed by atoms with Gasteiger partial charge in [0, 0.05) is 26.2 Å². The molecule has 0 bridgehead atoms. The number of aromatic amines is 1. The molecule has 20 heavy (non-hydrogen) atoms. The zero-order valence-electron chi connectivity index (χ0n) is 10.6. The number of alkyl halides is 3. The molecule has 1 saturated heterocycles. The van der Waals surface area contributed by atoms with Crippen molar-refractivity contribution in [1.82, 2.24) is 15.1 Å². The van der Waals surface area contributed by atoms with Crippen molar-refractivity contribution < 1.29 is 22.8 Å². The van der Waals surface area contributed by atoms with Gasteiger partial charge >= 0.3 is 6.18 Å². The van der Waals surface area contributed by atoms with Crippen LogP contribution in [0.3, 0.4) is 0 Å². The molecule has 110 valence electrons. The van der Waals surface area contributed by atoms with E-state index in [2.05, 4.69) is 10.2 Å². The minimum absolute atomic E-state index is 0.197. The summed E-state index contributed by atoms with van der Waals surface area (Å²) in [4.78, 5) is 25.6. The summed E-state index contributed by atoms with van der Waals surface area (Å²) >= 11 is 0. The summed E-state index contributed by atoms with van der Waals surface area (Å²) in [7, 11) is 1.49. The molecular formula is C11H13F3N4O2. The van der Waals surface area contributed by atoms with Gasteiger partial charge in [0.15, 0.2) is 0 Å². The summed E-state index contributed by atoms with van der Waals surface area (Å²) < 4.78 is 36.9. The van der Waals surface area contributed by atoms with Crippen molar-refractivity contribution in [2.24, 2.45) is 5.92 Å². The van der Waals surface area contributed by atoms with E-state index in [0.717, 1.165) is 0 Å². The molecule has 2 heterocycles. The highest BCUT2D eigenvalue weighted by Crippen LogP contribution is 2.25. The van der Waals surface area contributed by atoms with Crippen LogP contribution in [0.1, 0.15) is 6.42 Å². The number of rotatable bonds is 3. The number of nitrogens with one attached hydrogen (secondary N) is 1. The Morgan fingerprint density at radius 2 is 2.30 bits per heavy atom. The van der Waals surface area contributed by atoms with Crippen molar-refractivity contribution in [3.63, 3.8) is 0 Å². The predicted molar refractivity (Wildman–Crippen MR) is 62.7 cm³/mol. The van der Waals surface area contributed by atoms with Crippen LogP contribution in [0.15, 0.2) is 12.4 Å². The van der Waals surface area contributed by atoms with Crippen LogP contribution in [0.5, 0.6) is 0 Å². The van der Waals surface area contributed by atoms with Crippen molar-refractivity contribution in [3.05, 3.63) is 12.4 Å². The number of hydrogen-bond acceptors (Lipinski definition) is 3. The second-order valence-corrected chi connectivity index (χ2v) is 4.64. The molecule has 1 atom stereocenters. The first-order chi connectivity index (χ1) is 9.28. The van der Waals surface area contributed by atoms with Crippen LogP contribution in [-0.2, 0) is 9.59 Å². The summed E-state index contributed by atoms with van der Waals surface area (Å²) in [6, 6.07) is 0. The van der Waals surface area contributed by atoms with Gasteiger partial charge in [-0.3, -0.25) is 14.7 Å². The van der Waals surface area contributed by atoms with Crippen molar-refractivity contribution in [1.29, 1.82) is 0 Å². The van der Waals surface area contributed by atoms with E-state index in [4.69, 9.17) is 0 Å². The van der Waals surface area contributed by atoms with Gasteiger partial charge in [0.1, 0.15) is 6.54 Å². The number of H-pyrrole nitrogens is 1. The third kappa shape index (κ3) is 3.09. The first-order valence-corrected chi connectivity index (χ1v) is 5.89. The quantitative estimate of drug-likeness (QED) is 0.894. The Morgan fingerprint density at radius 3 is 2.85 bits per heavy atom. The highest BCUT2D eigenvalue weighted by molar-refractivity contribution is 5.98. The molecule has 1 aliphatic rings. The molecule has 0 aliphatic carbocycles. The largest absolute Gasteiger partial charge is 0.406 e. The van der Waals surface area contributed by atoms with Crippen molar-refractivity contribution in [2.45, 2.75) is 12.6 Å². The highest BCUT2D eigenvalue weighted by Gasteiger charge is 2.41. The van der Waals surface area contributed by atoms with Gasteiger partial charge < -0.3 is 9.80 Å². The lowest BCUT2D eigenvalue weighted by atomic mass is 10.1. The number of aromatic nitrogens is 2. The third-order valence-corrected chi connectivity index (χ3v) is 3.14. The lowest BCUT2D eigenvalue weighted by Gasteiger charge is -2.20. The van der Waals surface area contributed by atoms with Gasteiger partial charge in [-0.25, -0.2) is 0 Å². The Balaban J connectivity index is 2.01. The molecule has 0 aromatic carbocycles. The minimum atomic E-state index is -4.45. The van der Waals surface area contributed by atoms with Crippen molar-refractivity contribution >= 4 is 17.5 Å². The summed E-state index contributed by atoms with van der Waals surface area (Å²) in [5.74, 6) is -1.81. The van der Waals surface area contributed by atoms with E-state index >= 15 is 0 Å². The van der Waals surface area contributed by atoms with Crippen LogP contribution in [0.4, 0.5) is 18.9 Å². The van der Waals surface area contributed by atoms with Gasteiger partial charge in [0.25, 0.3) is 0 Å². The van der Waals surface area contributed by atoms with Crippen molar-refractivity contribution in [2.75, 3.05) is 25.0 Å². The van der Waals surface area contributed by atoms with E-state index in [9.17, 15) is 22.8 Å². The second-order valence-electron chi connectivity index (χ2n) is 4.64. The van der Waals surface area contributed by atoms with Crippen LogP contribution < -0.4 is 4.90 Å². The average molecular weight is 290 g/mol. The van der Waals surface area contributed by atoms with Gasteiger partial charge in [0.05, 0.1) is 17.8 Å². The first-order valence-electron chi connectivity index (χ1n) is 5.89. The van der Waals surface area contributed by atoms with E-state index < -0.39 is 30.5 Å². The van der Waals surface area contributed by atoms with Crippen LogP contribution >= 0.6 is 0 Å². The van der Waals surface area contributed by atoms with E-state index in [1.165, 1.54) is 24.3 Å². The number of nitrogens with zero attached hydrogens (tertiary/aromatic N) is 3. The summed E-state index contributed by atoms with van der Waals surface area (Å²) in [6.07, 6.45) is -1.74. The second kappa shape index (κ2) is 5.14. The highest BCUT2D eigenvalue weighted by atomic mass is 19.4. The lowest BCUT2D eigenvalue weighted by Crippen LogP contribution is -2.37. The Bertz CT molecular complexity index is 500. The summed E-state index contributed by atoms with van der Waals surface area (Å²) in [5.41, 5.74) is 0.497. The molecule has 9 heteroatoms.